The van der Waals surface area contributed by atoms with E-state index in [1.807, 2.05) is 62.4 Å². The Morgan fingerprint density at radius 2 is 1.92 bits per heavy atom. The first-order valence-electron chi connectivity index (χ1n) is 8.77. The monoisotopic (exact) mass is 355 g/mol. The number of amides is 1. The molecule has 3 rings (SSSR count). The molecule has 2 aromatic carbocycles. The van der Waals surface area contributed by atoms with Crippen LogP contribution in [0.2, 0.25) is 0 Å². The van der Waals surface area contributed by atoms with Crippen molar-refractivity contribution in [3.8, 4) is 17.2 Å². The number of nitrogens with one attached hydrogen (secondary N) is 1. The number of methoxy groups -OCH3 is 1. The summed E-state index contributed by atoms with van der Waals surface area (Å²) < 4.78 is 17.1. The minimum Gasteiger partial charge on any atom is -0.497 e. The first-order valence-corrected chi connectivity index (χ1v) is 8.77. The predicted octanol–water partition coefficient (Wildman–Crippen LogP) is 3.88. The maximum absolute atomic E-state index is 12.7. The van der Waals surface area contributed by atoms with Crippen LogP contribution in [-0.4, -0.2) is 24.7 Å². The molecule has 0 aliphatic carbocycles. The Kier molecular flexibility index (Phi) is 5.07. The van der Waals surface area contributed by atoms with Crippen LogP contribution in [0.4, 0.5) is 0 Å². The van der Waals surface area contributed by atoms with Crippen molar-refractivity contribution in [3.05, 3.63) is 54.1 Å². The van der Waals surface area contributed by atoms with Crippen molar-refractivity contribution in [1.82, 2.24) is 5.32 Å². The van der Waals surface area contributed by atoms with Gasteiger partial charge in [-0.05, 0) is 45.0 Å². The molecule has 0 aromatic heterocycles. The molecule has 5 heteroatoms. The van der Waals surface area contributed by atoms with Gasteiger partial charge >= 0.3 is 0 Å². The molecule has 0 unspecified atom stereocenters. The average molecular weight is 355 g/mol. The highest BCUT2D eigenvalue weighted by Crippen LogP contribution is 2.41. The Bertz CT molecular complexity index is 773. The Hall–Kier alpha value is -2.69. The van der Waals surface area contributed by atoms with Gasteiger partial charge in [0.1, 0.15) is 22.8 Å². The second kappa shape index (κ2) is 7.28. The van der Waals surface area contributed by atoms with Crippen LogP contribution in [0.3, 0.4) is 0 Å². The summed E-state index contributed by atoms with van der Waals surface area (Å²) in [5, 5.41) is 3.10. The minimum atomic E-state index is -0.593. The van der Waals surface area contributed by atoms with Crippen LogP contribution in [0.25, 0.3) is 0 Å². The molecule has 138 valence electrons. The molecule has 2 aromatic rings. The highest BCUT2D eigenvalue weighted by atomic mass is 16.5. The van der Waals surface area contributed by atoms with Gasteiger partial charge in [0.2, 0.25) is 0 Å². The van der Waals surface area contributed by atoms with Crippen LogP contribution in [-0.2, 0) is 4.79 Å². The topological polar surface area (TPSA) is 56.8 Å². The van der Waals surface area contributed by atoms with Gasteiger partial charge < -0.3 is 19.5 Å². The van der Waals surface area contributed by atoms with Gasteiger partial charge in [0.25, 0.3) is 5.91 Å². The lowest BCUT2D eigenvalue weighted by Gasteiger charge is -2.38. The smallest absolute Gasteiger partial charge is 0.261 e. The van der Waals surface area contributed by atoms with Crippen LogP contribution < -0.4 is 19.5 Å². The Morgan fingerprint density at radius 1 is 1.19 bits per heavy atom. The van der Waals surface area contributed by atoms with E-state index in [2.05, 4.69) is 5.32 Å². The van der Waals surface area contributed by atoms with E-state index < -0.39 is 6.10 Å². The number of benzene rings is 2. The quantitative estimate of drug-likeness (QED) is 0.884. The van der Waals surface area contributed by atoms with E-state index in [1.54, 1.807) is 14.0 Å². The number of hydrogen-bond acceptors (Lipinski definition) is 4. The Balaban J connectivity index is 1.75. The zero-order valence-electron chi connectivity index (χ0n) is 15.6. The molecule has 0 bridgehead atoms. The average Bonchev–Trinajstić information content (AvgIpc) is 2.61. The van der Waals surface area contributed by atoms with Crippen LogP contribution in [0.15, 0.2) is 48.5 Å². The molecule has 2 atom stereocenters. The minimum absolute atomic E-state index is 0.144. The Labute approximate surface area is 154 Å². The third kappa shape index (κ3) is 4.10. The van der Waals surface area contributed by atoms with Crippen molar-refractivity contribution >= 4 is 5.91 Å². The van der Waals surface area contributed by atoms with Crippen molar-refractivity contribution in [2.45, 2.75) is 44.9 Å². The van der Waals surface area contributed by atoms with Crippen molar-refractivity contribution in [2.24, 2.45) is 0 Å². The van der Waals surface area contributed by atoms with Crippen LogP contribution in [0.5, 0.6) is 17.2 Å². The fraction of sp³-hybridized carbons (Fsp3) is 0.381. The number of ether oxygens (including phenoxy) is 3. The molecule has 26 heavy (non-hydrogen) atoms. The molecule has 0 saturated carbocycles. The van der Waals surface area contributed by atoms with Gasteiger partial charge in [-0.25, -0.2) is 0 Å². The van der Waals surface area contributed by atoms with Crippen LogP contribution >= 0.6 is 0 Å². The highest BCUT2D eigenvalue weighted by Gasteiger charge is 2.35. The first-order chi connectivity index (χ1) is 12.4. The fourth-order valence-electron chi connectivity index (χ4n) is 3.13. The zero-order valence-corrected chi connectivity index (χ0v) is 15.6. The van der Waals surface area contributed by atoms with Crippen molar-refractivity contribution in [1.29, 1.82) is 0 Å². The number of carbonyl (C=O) groups is 1. The van der Waals surface area contributed by atoms with Crippen molar-refractivity contribution in [3.63, 3.8) is 0 Å². The number of rotatable bonds is 5. The van der Waals surface area contributed by atoms with E-state index in [0.717, 1.165) is 17.1 Å². The predicted molar refractivity (Wildman–Crippen MR) is 99.7 cm³/mol. The third-order valence-electron chi connectivity index (χ3n) is 4.42. The lowest BCUT2D eigenvalue weighted by Crippen LogP contribution is -2.44. The summed E-state index contributed by atoms with van der Waals surface area (Å²) in [6, 6.07) is 14.9. The summed E-state index contributed by atoms with van der Waals surface area (Å²) >= 11 is 0. The zero-order chi connectivity index (χ0) is 18.7. The molecule has 0 saturated heterocycles. The van der Waals surface area contributed by atoms with E-state index >= 15 is 0 Å². The fourth-order valence-corrected chi connectivity index (χ4v) is 3.13. The van der Waals surface area contributed by atoms with Gasteiger partial charge in [-0.1, -0.05) is 18.2 Å². The molecule has 1 aliphatic rings. The molecule has 1 aliphatic heterocycles. The van der Waals surface area contributed by atoms with E-state index in [9.17, 15) is 4.79 Å². The molecule has 5 nitrogen and oxygen atoms in total. The summed E-state index contributed by atoms with van der Waals surface area (Å²) in [6.07, 6.45) is 0.0842. The second-order valence-corrected chi connectivity index (χ2v) is 7.10. The normalized spacial score (nSPS) is 18.8. The molecule has 0 radical (unpaired) electrons. The summed E-state index contributed by atoms with van der Waals surface area (Å²) in [6.45, 7) is 5.78. The molecule has 1 N–H and O–H groups in total. The van der Waals surface area contributed by atoms with Gasteiger partial charge in [0.05, 0.1) is 13.2 Å². The van der Waals surface area contributed by atoms with Crippen molar-refractivity contribution < 1.29 is 19.0 Å². The molecule has 0 fully saturated rings. The third-order valence-corrected chi connectivity index (χ3v) is 4.42. The van der Waals surface area contributed by atoms with Crippen LogP contribution in [0.1, 0.15) is 38.8 Å². The maximum atomic E-state index is 12.7. The van der Waals surface area contributed by atoms with Gasteiger partial charge in [0, 0.05) is 18.1 Å². The highest BCUT2D eigenvalue weighted by molar-refractivity contribution is 5.81. The number of para-hydroxylation sites is 1. The summed E-state index contributed by atoms with van der Waals surface area (Å²) in [4.78, 5) is 12.7. The van der Waals surface area contributed by atoms with Gasteiger partial charge in [-0.3, -0.25) is 4.79 Å². The van der Waals surface area contributed by atoms with Gasteiger partial charge in [-0.15, -0.1) is 0 Å². The molecule has 0 spiro atoms. The van der Waals surface area contributed by atoms with Gasteiger partial charge in [-0.2, -0.15) is 0 Å². The SMILES string of the molecule is COc1ccc2c(c1)OC(C)(C)C[C@H]2NC(=O)[C@@H](C)Oc1ccccc1. The summed E-state index contributed by atoms with van der Waals surface area (Å²) in [5.41, 5.74) is 0.561. The van der Waals surface area contributed by atoms with E-state index in [4.69, 9.17) is 14.2 Å². The standard InChI is InChI=1S/C21H25NO4/c1-14(25-15-8-6-5-7-9-15)20(23)22-18-13-21(2,3)26-19-12-16(24-4)10-11-17(18)19/h5-12,14,18H,13H2,1-4H3,(H,22,23)/t14-,18-/m1/s1. The molecule has 1 heterocycles. The Morgan fingerprint density at radius 3 is 2.62 bits per heavy atom. The van der Waals surface area contributed by atoms with E-state index in [0.29, 0.717) is 12.2 Å². The van der Waals surface area contributed by atoms with E-state index in [-0.39, 0.29) is 17.6 Å². The molecular weight excluding hydrogens is 330 g/mol. The maximum Gasteiger partial charge on any atom is 0.261 e. The molecule has 1 amide bonds. The number of fused-ring (bicyclic) bond motifs is 1. The number of hydrogen-bond donors (Lipinski definition) is 1. The first kappa shape index (κ1) is 18.1. The number of carbonyl (C=O) groups excluding carboxylic acids is 1. The summed E-state index contributed by atoms with van der Waals surface area (Å²) in [7, 11) is 1.62. The van der Waals surface area contributed by atoms with Crippen molar-refractivity contribution in [2.75, 3.05) is 7.11 Å². The summed E-state index contributed by atoms with van der Waals surface area (Å²) in [5.74, 6) is 1.99. The van der Waals surface area contributed by atoms with Gasteiger partial charge in [0.15, 0.2) is 6.10 Å². The second-order valence-electron chi connectivity index (χ2n) is 7.10. The molecular formula is C21H25NO4. The lowest BCUT2D eigenvalue weighted by molar-refractivity contribution is -0.128. The largest absolute Gasteiger partial charge is 0.497 e. The lowest BCUT2D eigenvalue weighted by atomic mass is 9.89. The van der Waals surface area contributed by atoms with E-state index in [1.165, 1.54) is 0 Å². The van der Waals surface area contributed by atoms with Crippen LogP contribution in [0, 0.1) is 0 Å².